The molecule has 21 heavy (non-hydrogen) atoms. The summed E-state index contributed by atoms with van der Waals surface area (Å²) in [6.45, 7) is 5.45. The van der Waals surface area contributed by atoms with E-state index in [4.69, 9.17) is 5.11 Å². The van der Waals surface area contributed by atoms with Gasteiger partial charge in [0.05, 0.1) is 6.42 Å². The van der Waals surface area contributed by atoms with E-state index in [9.17, 15) is 9.59 Å². The summed E-state index contributed by atoms with van der Waals surface area (Å²) in [6.07, 6.45) is 0.0589. The highest BCUT2D eigenvalue weighted by Crippen LogP contribution is 2.20. The van der Waals surface area contributed by atoms with Gasteiger partial charge in [-0.15, -0.1) is 0 Å². The molecule has 5 heteroatoms. The van der Waals surface area contributed by atoms with Gasteiger partial charge >= 0.3 is 5.97 Å². The quantitative estimate of drug-likeness (QED) is 0.914. The van der Waals surface area contributed by atoms with Crippen molar-refractivity contribution in [3.63, 3.8) is 0 Å². The van der Waals surface area contributed by atoms with Crippen LogP contribution < -0.4 is 0 Å². The maximum atomic E-state index is 11.7. The van der Waals surface area contributed by atoms with Crippen molar-refractivity contribution in [1.29, 1.82) is 0 Å². The van der Waals surface area contributed by atoms with Crippen molar-refractivity contribution < 1.29 is 14.7 Å². The van der Waals surface area contributed by atoms with Crippen LogP contribution >= 0.6 is 0 Å². The molecule has 1 saturated heterocycles. The number of carbonyl (C=O) groups excluding carboxylic acids is 1. The number of hydrogen-bond acceptors (Lipinski definition) is 3. The zero-order valence-electron chi connectivity index (χ0n) is 12.5. The Kier molecular flexibility index (Phi) is 4.96. The largest absolute Gasteiger partial charge is 0.481 e. The third-order valence-electron chi connectivity index (χ3n) is 4.00. The van der Waals surface area contributed by atoms with Gasteiger partial charge in [0.25, 0.3) is 0 Å². The van der Waals surface area contributed by atoms with Crippen LogP contribution in [0.3, 0.4) is 0 Å². The first-order chi connectivity index (χ1) is 9.97. The molecule has 0 aliphatic carbocycles. The average molecular weight is 290 g/mol. The molecule has 0 unspecified atom stereocenters. The van der Waals surface area contributed by atoms with Crippen molar-refractivity contribution in [2.24, 2.45) is 0 Å². The molecule has 114 valence electrons. The highest BCUT2D eigenvalue weighted by atomic mass is 16.4. The summed E-state index contributed by atoms with van der Waals surface area (Å²) >= 11 is 0. The summed E-state index contributed by atoms with van der Waals surface area (Å²) in [5.41, 5.74) is 1.16. The number of amides is 1. The fourth-order valence-corrected chi connectivity index (χ4v) is 2.96. The van der Waals surface area contributed by atoms with Gasteiger partial charge in [0, 0.05) is 38.6 Å². The van der Waals surface area contributed by atoms with Crippen LogP contribution in [0.25, 0.3) is 0 Å². The Morgan fingerprint density at radius 2 is 1.90 bits per heavy atom. The number of benzene rings is 1. The molecule has 0 radical (unpaired) electrons. The Labute approximate surface area is 125 Å². The lowest BCUT2D eigenvalue weighted by molar-refractivity contribution is -0.143. The van der Waals surface area contributed by atoms with Gasteiger partial charge < -0.3 is 10.0 Å². The van der Waals surface area contributed by atoms with Gasteiger partial charge in [0.15, 0.2) is 0 Å². The van der Waals surface area contributed by atoms with E-state index in [2.05, 4.69) is 4.90 Å². The molecule has 0 bridgehead atoms. The highest BCUT2D eigenvalue weighted by molar-refractivity contribution is 5.74. The van der Waals surface area contributed by atoms with Crippen molar-refractivity contribution >= 4 is 11.9 Å². The van der Waals surface area contributed by atoms with Crippen LogP contribution in [0.1, 0.15) is 25.8 Å². The Morgan fingerprint density at radius 3 is 2.48 bits per heavy atom. The normalized spacial score (nSPS) is 23.0. The Balaban J connectivity index is 2.13. The monoisotopic (exact) mass is 290 g/mol. The molecule has 2 atom stereocenters. The van der Waals surface area contributed by atoms with Gasteiger partial charge in [-0.2, -0.15) is 0 Å². The average Bonchev–Trinajstić information content (AvgIpc) is 2.42. The van der Waals surface area contributed by atoms with Gasteiger partial charge in [-0.1, -0.05) is 30.3 Å². The molecule has 1 amide bonds. The third kappa shape index (κ3) is 4.04. The molecule has 1 fully saturated rings. The van der Waals surface area contributed by atoms with Crippen molar-refractivity contribution in [2.45, 2.75) is 38.9 Å². The molecule has 1 aromatic rings. The van der Waals surface area contributed by atoms with E-state index in [-0.39, 0.29) is 24.4 Å². The maximum Gasteiger partial charge on any atom is 0.305 e. The van der Waals surface area contributed by atoms with Crippen LogP contribution in [0.15, 0.2) is 30.3 Å². The standard InChI is InChI=1S/C16H22N2O3/c1-12-9-17(10-14-6-4-3-5-7-14)15(8-16(20)21)11-18(12)13(2)19/h3-7,12,15H,8-11H2,1-2H3,(H,20,21)/t12-,15-/m0/s1. The van der Waals surface area contributed by atoms with Gasteiger partial charge in [-0.05, 0) is 12.5 Å². The second-order valence-electron chi connectivity index (χ2n) is 5.69. The fourth-order valence-electron chi connectivity index (χ4n) is 2.96. The van der Waals surface area contributed by atoms with E-state index in [1.165, 1.54) is 0 Å². The molecular weight excluding hydrogens is 268 g/mol. The van der Waals surface area contributed by atoms with Crippen LogP contribution in [0.4, 0.5) is 0 Å². The molecule has 5 nitrogen and oxygen atoms in total. The second kappa shape index (κ2) is 6.72. The van der Waals surface area contributed by atoms with E-state index < -0.39 is 5.97 Å². The van der Waals surface area contributed by atoms with Gasteiger partial charge in [0.1, 0.15) is 0 Å². The van der Waals surface area contributed by atoms with Crippen LogP contribution in [-0.4, -0.2) is 52.0 Å². The molecule has 0 saturated carbocycles. The molecule has 1 aliphatic heterocycles. The number of nitrogens with zero attached hydrogens (tertiary/aromatic N) is 2. The summed E-state index contributed by atoms with van der Waals surface area (Å²) < 4.78 is 0. The van der Waals surface area contributed by atoms with E-state index in [1.807, 2.05) is 37.3 Å². The second-order valence-corrected chi connectivity index (χ2v) is 5.69. The lowest BCUT2D eigenvalue weighted by atomic mass is 10.0. The Morgan fingerprint density at radius 1 is 1.24 bits per heavy atom. The van der Waals surface area contributed by atoms with Gasteiger partial charge in [-0.25, -0.2) is 0 Å². The molecule has 0 spiro atoms. The molecule has 0 aromatic heterocycles. The summed E-state index contributed by atoms with van der Waals surface area (Å²) in [6, 6.07) is 9.99. The molecular formula is C16H22N2O3. The summed E-state index contributed by atoms with van der Waals surface area (Å²) in [5.74, 6) is -0.812. The van der Waals surface area contributed by atoms with Crippen molar-refractivity contribution in [3.8, 4) is 0 Å². The smallest absolute Gasteiger partial charge is 0.305 e. The summed E-state index contributed by atoms with van der Waals surface area (Å²) in [7, 11) is 0. The lowest BCUT2D eigenvalue weighted by Crippen LogP contribution is -2.58. The van der Waals surface area contributed by atoms with Crippen LogP contribution in [0.5, 0.6) is 0 Å². The van der Waals surface area contributed by atoms with Crippen molar-refractivity contribution in [3.05, 3.63) is 35.9 Å². The third-order valence-corrected chi connectivity index (χ3v) is 4.00. The topological polar surface area (TPSA) is 60.9 Å². The SMILES string of the molecule is CC(=O)N1C[C@H](CC(=O)O)N(Cc2ccccc2)C[C@@H]1C. The van der Waals surface area contributed by atoms with E-state index in [1.54, 1.807) is 11.8 Å². The molecule has 1 heterocycles. The number of hydrogen-bond donors (Lipinski definition) is 1. The first kappa shape index (κ1) is 15.5. The van der Waals surface area contributed by atoms with Crippen LogP contribution in [0, 0.1) is 0 Å². The minimum absolute atomic E-state index is 0.0113. The number of rotatable bonds is 4. The lowest BCUT2D eigenvalue weighted by Gasteiger charge is -2.44. The predicted octanol–water partition coefficient (Wildman–Crippen LogP) is 1.58. The molecule has 2 rings (SSSR count). The molecule has 1 aromatic carbocycles. The number of piperazine rings is 1. The number of carbonyl (C=O) groups is 2. The Hall–Kier alpha value is -1.88. The highest BCUT2D eigenvalue weighted by Gasteiger charge is 2.33. The summed E-state index contributed by atoms with van der Waals surface area (Å²) in [5, 5.41) is 9.11. The number of aliphatic carboxylic acids is 1. The minimum atomic E-state index is -0.823. The number of carboxylic acid groups (broad SMARTS) is 1. The first-order valence-electron chi connectivity index (χ1n) is 7.24. The van der Waals surface area contributed by atoms with Crippen LogP contribution in [-0.2, 0) is 16.1 Å². The first-order valence-corrected chi connectivity index (χ1v) is 7.24. The van der Waals surface area contributed by atoms with E-state index >= 15 is 0 Å². The number of carboxylic acids is 1. The zero-order chi connectivity index (χ0) is 15.4. The van der Waals surface area contributed by atoms with Gasteiger partial charge in [0.2, 0.25) is 5.91 Å². The maximum absolute atomic E-state index is 11.7. The van der Waals surface area contributed by atoms with Gasteiger partial charge in [-0.3, -0.25) is 14.5 Å². The van der Waals surface area contributed by atoms with Crippen molar-refractivity contribution in [1.82, 2.24) is 9.80 Å². The van der Waals surface area contributed by atoms with Crippen LogP contribution in [0.2, 0.25) is 0 Å². The van der Waals surface area contributed by atoms with Crippen molar-refractivity contribution in [2.75, 3.05) is 13.1 Å². The predicted molar refractivity (Wildman–Crippen MR) is 79.7 cm³/mol. The summed E-state index contributed by atoms with van der Waals surface area (Å²) in [4.78, 5) is 26.7. The molecule has 1 N–H and O–H groups in total. The zero-order valence-corrected chi connectivity index (χ0v) is 12.5. The van der Waals surface area contributed by atoms with E-state index in [0.29, 0.717) is 13.1 Å². The Bertz CT molecular complexity index is 504. The molecule has 1 aliphatic rings. The minimum Gasteiger partial charge on any atom is -0.481 e. The van der Waals surface area contributed by atoms with E-state index in [0.717, 1.165) is 12.1 Å². The fraction of sp³-hybridized carbons (Fsp3) is 0.500.